The number of carbonyl (C=O) groups excluding carboxylic acids is 1. The van der Waals surface area contributed by atoms with Gasteiger partial charge >= 0.3 is 0 Å². The van der Waals surface area contributed by atoms with Crippen molar-refractivity contribution < 1.29 is 14.6 Å². The predicted molar refractivity (Wildman–Crippen MR) is 93.5 cm³/mol. The Morgan fingerprint density at radius 2 is 2.23 bits per heavy atom. The number of carbonyl (C=O) groups is 1. The molecule has 138 valence electrons. The maximum atomic E-state index is 12.7. The molecule has 2 aliphatic carbocycles. The molecule has 2 heterocycles. The second-order valence-electron chi connectivity index (χ2n) is 7.57. The summed E-state index contributed by atoms with van der Waals surface area (Å²) in [5, 5.41) is 16.8. The Morgan fingerprint density at radius 3 is 2.88 bits per heavy atom. The summed E-state index contributed by atoms with van der Waals surface area (Å²) >= 11 is 0. The standard InChI is InChI=1S/C18H23N5O3/c1-4-26-14-8-19-13(7-20-14)23-16-11-5-10(11)6-12(16)15(22-23)17(25)21-18(2,3)9-24/h7-8,10-11,24H,4-6,9H2,1-3H3,(H,21,25)/t10-,11-/m1/s1. The summed E-state index contributed by atoms with van der Waals surface area (Å²) in [5.41, 5.74) is 1.78. The number of rotatable bonds is 6. The first-order valence-corrected chi connectivity index (χ1v) is 8.94. The van der Waals surface area contributed by atoms with Crippen LogP contribution in [0.5, 0.6) is 5.88 Å². The quantitative estimate of drug-likeness (QED) is 0.806. The largest absolute Gasteiger partial charge is 0.477 e. The van der Waals surface area contributed by atoms with Crippen LogP contribution >= 0.6 is 0 Å². The van der Waals surface area contributed by atoms with Crippen LogP contribution in [0.4, 0.5) is 0 Å². The molecule has 0 radical (unpaired) electrons. The number of aliphatic hydroxyl groups is 1. The Labute approximate surface area is 151 Å². The molecule has 0 saturated heterocycles. The van der Waals surface area contributed by atoms with E-state index in [0.717, 1.165) is 24.1 Å². The van der Waals surface area contributed by atoms with E-state index in [1.165, 1.54) is 0 Å². The zero-order valence-electron chi connectivity index (χ0n) is 15.2. The number of aliphatic hydroxyl groups excluding tert-OH is 1. The molecule has 0 unspecified atom stereocenters. The summed E-state index contributed by atoms with van der Waals surface area (Å²) < 4.78 is 7.08. The van der Waals surface area contributed by atoms with Crippen molar-refractivity contribution >= 4 is 5.91 Å². The smallest absolute Gasteiger partial charge is 0.272 e. The average molecular weight is 357 g/mol. The fourth-order valence-corrected chi connectivity index (χ4v) is 3.52. The van der Waals surface area contributed by atoms with E-state index in [0.29, 0.717) is 35.8 Å². The minimum Gasteiger partial charge on any atom is -0.477 e. The molecular formula is C18H23N5O3. The summed E-state index contributed by atoms with van der Waals surface area (Å²) in [6, 6.07) is 0. The highest BCUT2D eigenvalue weighted by Gasteiger charge is 2.50. The Kier molecular flexibility index (Phi) is 3.95. The minimum atomic E-state index is -0.700. The van der Waals surface area contributed by atoms with Gasteiger partial charge in [-0.1, -0.05) is 0 Å². The second-order valence-corrected chi connectivity index (χ2v) is 7.57. The van der Waals surface area contributed by atoms with Crippen LogP contribution in [0.1, 0.15) is 54.9 Å². The van der Waals surface area contributed by atoms with E-state index in [1.807, 2.05) is 6.92 Å². The van der Waals surface area contributed by atoms with Crippen LogP contribution in [0.15, 0.2) is 12.4 Å². The van der Waals surface area contributed by atoms with Gasteiger partial charge in [0.25, 0.3) is 5.91 Å². The monoisotopic (exact) mass is 357 g/mol. The second kappa shape index (κ2) is 6.05. The maximum Gasteiger partial charge on any atom is 0.272 e. The first kappa shape index (κ1) is 17.0. The van der Waals surface area contributed by atoms with Crippen molar-refractivity contribution in [2.75, 3.05) is 13.2 Å². The summed E-state index contributed by atoms with van der Waals surface area (Å²) in [4.78, 5) is 21.4. The van der Waals surface area contributed by atoms with E-state index in [2.05, 4.69) is 20.4 Å². The number of amides is 1. The molecule has 2 aliphatic rings. The molecule has 0 aliphatic heterocycles. The van der Waals surface area contributed by atoms with Crippen molar-refractivity contribution in [3.05, 3.63) is 29.3 Å². The maximum absolute atomic E-state index is 12.7. The number of fused-ring (bicyclic) bond motifs is 3. The lowest BCUT2D eigenvalue weighted by atomic mass is 10.1. The van der Waals surface area contributed by atoms with Gasteiger partial charge in [0.05, 0.1) is 36.8 Å². The lowest BCUT2D eigenvalue weighted by molar-refractivity contribution is 0.0863. The lowest BCUT2D eigenvalue weighted by Gasteiger charge is -2.23. The number of hydrogen-bond donors (Lipinski definition) is 2. The molecule has 0 bridgehead atoms. The lowest BCUT2D eigenvalue weighted by Crippen LogP contribution is -2.46. The summed E-state index contributed by atoms with van der Waals surface area (Å²) in [6.07, 6.45) is 5.19. The zero-order chi connectivity index (χ0) is 18.5. The van der Waals surface area contributed by atoms with Crippen molar-refractivity contribution in [1.29, 1.82) is 0 Å². The van der Waals surface area contributed by atoms with Gasteiger partial charge in [-0.2, -0.15) is 5.10 Å². The Hall–Kier alpha value is -2.48. The van der Waals surface area contributed by atoms with Crippen LogP contribution in [0.2, 0.25) is 0 Å². The fourth-order valence-electron chi connectivity index (χ4n) is 3.52. The van der Waals surface area contributed by atoms with Crippen LogP contribution < -0.4 is 10.1 Å². The fraction of sp³-hybridized carbons (Fsp3) is 0.556. The van der Waals surface area contributed by atoms with E-state index in [4.69, 9.17) is 4.74 Å². The van der Waals surface area contributed by atoms with Crippen LogP contribution in [0.25, 0.3) is 5.82 Å². The molecule has 1 saturated carbocycles. The highest BCUT2D eigenvalue weighted by molar-refractivity contribution is 5.95. The summed E-state index contributed by atoms with van der Waals surface area (Å²) in [5.74, 6) is 1.82. The predicted octanol–water partition coefficient (Wildman–Crippen LogP) is 1.22. The molecule has 2 aromatic heterocycles. The van der Waals surface area contributed by atoms with Gasteiger partial charge in [0.1, 0.15) is 0 Å². The molecule has 4 rings (SSSR count). The van der Waals surface area contributed by atoms with Crippen molar-refractivity contribution in [2.45, 2.75) is 45.1 Å². The van der Waals surface area contributed by atoms with E-state index >= 15 is 0 Å². The van der Waals surface area contributed by atoms with Crippen molar-refractivity contribution in [3.63, 3.8) is 0 Å². The van der Waals surface area contributed by atoms with Gasteiger partial charge in [-0.25, -0.2) is 14.6 Å². The van der Waals surface area contributed by atoms with Gasteiger partial charge in [-0.05, 0) is 39.5 Å². The van der Waals surface area contributed by atoms with E-state index in [-0.39, 0.29) is 12.5 Å². The van der Waals surface area contributed by atoms with Gasteiger partial charge in [-0.15, -0.1) is 0 Å². The first-order valence-electron chi connectivity index (χ1n) is 8.94. The zero-order valence-corrected chi connectivity index (χ0v) is 15.2. The average Bonchev–Trinajstić information content (AvgIpc) is 3.11. The van der Waals surface area contributed by atoms with Crippen molar-refractivity contribution in [3.8, 4) is 11.7 Å². The van der Waals surface area contributed by atoms with Gasteiger partial charge in [0, 0.05) is 11.5 Å². The number of nitrogens with zero attached hydrogens (tertiary/aromatic N) is 4. The Bertz CT molecular complexity index is 843. The molecule has 0 spiro atoms. The van der Waals surface area contributed by atoms with Crippen molar-refractivity contribution in [1.82, 2.24) is 25.1 Å². The molecule has 2 atom stereocenters. The third kappa shape index (κ3) is 2.84. The van der Waals surface area contributed by atoms with E-state index in [9.17, 15) is 9.90 Å². The van der Waals surface area contributed by atoms with E-state index in [1.54, 1.807) is 30.9 Å². The normalized spacial score (nSPS) is 20.5. The van der Waals surface area contributed by atoms with Gasteiger partial charge in [0.2, 0.25) is 5.88 Å². The SMILES string of the molecule is CCOc1cnc(-n2nc(C(=O)NC(C)(C)CO)c3c2[C@@H]2C[C@@H]2C3)cn1. The topological polar surface area (TPSA) is 102 Å². The Morgan fingerprint density at radius 1 is 1.42 bits per heavy atom. The van der Waals surface area contributed by atoms with Crippen LogP contribution in [0.3, 0.4) is 0 Å². The molecule has 1 fully saturated rings. The molecule has 8 nitrogen and oxygen atoms in total. The highest BCUT2D eigenvalue weighted by atomic mass is 16.5. The highest BCUT2D eigenvalue weighted by Crippen LogP contribution is 2.57. The Balaban J connectivity index is 1.69. The molecule has 26 heavy (non-hydrogen) atoms. The molecule has 0 aromatic carbocycles. The van der Waals surface area contributed by atoms with Gasteiger partial charge in [-0.3, -0.25) is 4.79 Å². The molecule has 2 aromatic rings. The van der Waals surface area contributed by atoms with Gasteiger partial charge < -0.3 is 15.2 Å². The van der Waals surface area contributed by atoms with Gasteiger partial charge in [0.15, 0.2) is 11.5 Å². The van der Waals surface area contributed by atoms with E-state index < -0.39 is 5.54 Å². The number of ether oxygens (including phenoxy) is 1. The number of hydrogen-bond acceptors (Lipinski definition) is 6. The third-order valence-corrected chi connectivity index (χ3v) is 4.95. The van der Waals surface area contributed by atoms with Crippen LogP contribution in [0, 0.1) is 5.92 Å². The molecular weight excluding hydrogens is 334 g/mol. The third-order valence-electron chi connectivity index (χ3n) is 4.95. The molecule has 8 heteroatoms. The van der Waals surface area contributed by atoms with Crippen LogP contribution in [-0.4, -0.2) is 49.5 Å². The van der Waals surface area contributed by atoms with Crippen molar-refractivity contribution in [2.24, 2.45) is 5.92 Å². The molecule has 1 amide bonds. The minimum absolute atomic E-state index is 0.142. The summed E-state index contributed by atoms with van der Waals surface area (Å²) in [6.45, 7) is 5.83. The first-order chi connectivity index (χ1) is 12.4. The summed E-state index contributed by atoms with van der Waals surface area (Å²) in [7, 11) is 0. The number of aromatic nitrogens is 4. The number of nitrogens with one attached hydrogen (secondary N) is 1. The van der Waals surface area contributed by atoms with Crippen LogP contribution in [-0.2, 0) is 6.42 Å². The molecule has 2 N–H and O–H groups in total.